The second kappa shape index (κ2) is 7.84. The maximum atomic E-state index is 12.9. The van der Waals surface area contributed by atoms with E-state index >= 15 is 0 Å². The Morgan fingerprint density at radius 2 is 1.93 bits per heavy atom. The summed E-state index contributed by atoms with van der Waals surface area (Å²) in [4.78, 5) is 12.9. The third-order valence-corrected chi connectivity index (χ3v) is 4.85. The fourth-order valence-corrected chi connectivity index (χ4v) is 3.30. The maximum Gasteiger partial charge on any atom is 0.260 e. The van der Waals surface area contributed by atoms with Gasteiger partial charge in [0.05, 0.1) is 23.5 Å². The zero-order valence-electron chi connectivity index (χ0n) is 15.9. The van der Waals surface area contributed by atoms with Crippen molar-refractivity contribution in [3.8, 4) is 5.69 Å². The molecule has 0 spiro atoms. The summed E-state index contributed by atoms with van der Waals surface area (Å²) in [6.45, 7) is 4.29. The summed E-state index contributed by atoms with van der Waals surface area (Å²) in [6.07, 6.45) is 1.48. The summed E-state index contributed by atoms with van der Waals surface area (Å²) < 4.78 is 3.14. The van der Waals surface area contributed by atoms with E-state index in [2.05, 4.69) is 25.9 Å². The minimum Gasteiger partial charge on any atom is -0.322 e. The first-order valence-electron chi connectivity index (χ1n) is 8.94. The minimum absolute atomic E-state index is 0.303. The number of carbonyl (C=O) groups excluding carboxylic acids is 1. The molecular formula is C20H18ClN7O. The second-order valence-electron chi connectivity index (χ2n) is 6.65. The molecule has 1 amide bonds. The molecule has 0 atom stereocenters. The van der Waals surface area contributed by atoms with Crippen LogP contribution >= 0.6 is 11.6 Å². The lowest BCUT2D eigenvalue weighted by atomic mass is 10.1. The van der Waals surface area contributed by atoms with Crippen LogP contribution in [-0.4, -0.2) is 35.9 Å². The molecule has 0 radical (unpaired) electrons. The fourth-order valence-electron chi connectivity index (χ4n) is 2.98. The smallest absolute Gasteiger partial charge is 0.260 e. The van der Waals surface area contributed by atoms with Crippen LogP contribution in [0.2, 0.25) is 5.15 Å². The van der Waals surface area contributed by atoms with Crippen molar-refractivity contribution in [2.75, 3.05) is 5.32 Å². The molecule has 4 rings (SSSR count). The highest BCUT2D eigenvalue weighted by atomic mass is 35.5. The van der Waals surface area contributed by atoms with Crippen LogP contribution in [0.15, 0.2) is 54.9 Å². The number of aromatic nitrogens is 6. The van der Waals surface area contributed by atoms with Crippen molar-refractivity contribution in [3.63, 3.8) is 0 Å². The van der Waals surface area contributed by atoms with Gasteiger partial charge in [-0.05, 0) is 48.0 Å². The molecule has 0 saturated heterocycles. The highest BCUT2D eigenvalue weighted by molar-refractivity contribution is 6.33. The van der Waals surface area contributed by atoms with Crippen LogP contribution < -0.4 is 5.32 Å². The van der Waals surface area contributed by atoms with Crippen LogP contribution in [0, 0.1) is 13.8 Å². The zero-order valence-corrected chi connectivity index (χ0v) is 16.6. The fraction of sp³-hybridized carbons (Fsp3) is 0.150. The number of nitrogens with one attached hydrogen (secondary N) is 1. The summed E-state index contributed by atoms with van der Waals surface area (Å²) in [7, 11) is 0. The van der Waals surface area contributed by atoms with Gasteiger partial charge in [-0.15, -0.1) is 5.10 Å². The second-order valence-corrected chi connectivity index (χ2v) is 7.01. The number of rotatable bonds is 5. The standard InChI is InChI=1S/C20H18ClN7O/c1-13-6-8-15(9-7-13)11-27-19(21)18(14(2)24-27)20(29)23-16-4-3-5-17(10-16)28-12-22-25-26-28/h3-10,12H,11H2,1-2H3,(H,23,29). The van der Waals surface area contributed by atoms with Crippen LogP contribution in [0.5, 0.6) is 0 Å². The van der Waals surface area contributed by atoms with Gasteiger partial charge in [0, 0.05) is 5.69 Å². The average Bonchev–Trinajstić information content (AvgIpc) is 3.33. The van der Waals surface area contributed by atoms with Crippen LogP contribution in [0.3, 0.4) is 0 Å². The largest absolute Gasteiger partial charge is 0.322 e. The van der Waals surface area contributed by atoms with Crippen molar-refractivity contribution >= 4 is 23.2 Å². The summed E-state index contributed by atoms with van der Waals surface area (Å²) in [6, 6.07) is 15.3. The Kier molecular flexibility index (Phi) is 5.09. The normalized spacial score (nSPS) is 10.9. The number of hydrogen-bond donors (Lipinski definition) is 1. The van der Waals surface area contributed by atoms with Gasteiger partial charge >= 0.3 is 0 Å². The lowest BCUT2D eigenvalue weighted by Crippen LogP contribution is -2.13. The Balaban J connectivity index is 1.55. The first-order chi connectivity index (χ1) is 14.0. The van der Waals surface area contributed by atoms with Crippen molar-refractivity contribution in [1.29, 1.82) is 0 Å². The molecule has 0 bridgehead atoms. The van der Waals surface area contributed by atoms with E-state index in [4.69, 9.17) is 11.6 Å². The molecule has 2 aromatic carbocycles. The monoisotopic (exact) mass is 407 g/mol. The predicted molar refractivity (Wildman–Crippen MR) is 109 cm³/mol. The number of aryl methyl sites for hydroxylation is 2. The Morgan fingerprint density at radius 3 is 2.66 bits per heavy atom. The molecule has 0 aliphatic rings. The number of halogens is 1. The Morgan fingerprint density at radius 1 is 1.14 bits per heavy atom. The van der Waals surface area contributed by atoms with Crippen LogP contribution in [-0.2, 0) is 6.54 Å². The van der Waals surface area contributed by atoms with Crippen molar-refractivity contribution < 1.29 is 4.79 Å². The molecule has 2 heterocycles. The Bertz CT molecular complexity index is 1150. The van der Waals surface area contributed by atoms with Crippen molar-refractivity contribution in [2.45, 2.75) is 20.4 Å². The van der Waals surface area contributed by atoms with E-state index in [1.807, 2.05) is 43.3 Å². The molecule has 29 heavy (non-hydrogen) atoms. The minimum atomic E-state index is -0.323. The molecule has 0 saturated carbocycles. The Hall–Kier alpha value is -3.52. The van der Waals surface area contributed by atoms with Crippen molar-refractivity contribution in [1.82, 2.24) is 30.0 Å². The van der Waals surface area contributed by atoms with Crippen molar-refractivity contribution in [3.05, 3.63) is 82.4 Å². The number of tetrazole rings is 1. The highest BCUT2D eigenvalue weighted by Gasteiger charge is 2.20. The summed E-state index contributed by atoms with van der Waals surface area (Å²) >= 11 is 6.49. The third-order valence-electron chi connectivity index (χ3n) is 4.46. The number of benzene rings is 2. The first kappa shape index (κ1) is 18.8. The topological polar surface area (TPSA) is 90.5 Å². The van der Waals surface area contributed by atoms with E-state index in [9.17, 15) is 4.79 Å². The molecule has 1 N–H and O–H groups in total. The molecule has 0 unspecified atom stereocenters. The molecule has 146 valence electrons. The summed E-state index contributed by atoms with van der Waals surface area (Å²) in [5, 5.41) is 18.7. The van der Waals surface area contributed by atoms with E-state index in [1.54, 1.807) is 23.7 Å². The zero-order chi connectivity index (χ0) is 20.4. The van der Waals surface area contributed by atoms with Gasteiger partial charge in [-0.25, -0.2) is 9.36 Å². The predicted octanol–water partition coefficient (Wildman–Crippen LogP) is 3.43. The molecule has 4 aromatic rings. The van der Waals surface area contributed by atoms with E-state index in [0.29, 0.717) is 28.6 Å². The van der Waals surface area contributed by atoms with Gasteiger partial charge < -0.3 is 5.32 Å². The van der Waals surface area contributed by atoms with E-state index in [0.717, 1.165) is 11.3 Å². The number of amides is 1. The first-order valence-corrected chi connectivity index (χ1v) is 9.32. The molecular weight excluding hydrogens is 390 g/mol. The number of anilines is 1. The lowest BCUT2D eigenvalue weighted by Gasteiger charge is -2.07. The molecule has 8 nitrogen and oxygen atoms in total. The van der Waals surface area contributed by atoms with Gasteiger partial charge in [-0.3, -0.25) is 4.79 Å². The SMILES string of the molecule is Cc1ccc(Cn2nc(C)c(C(=O)Nc3cccc(-n4cnnn4)c3)c2Cl)cc1. The van der Waals surface area contributed by atoms with Crippen LogP contribution in [0.4, 0.5) is 5.69 Å². The number of carbonyl (C=O) groups is 1. The average molecular weight is 408 g/mol. The summed E-state index contributed by atoms with van der Waals surface area (Å²) in [5.41, 5.74) is 4.49. The molecule has 2 aromatic heterocycles. The van der Waals surface area contributed by atoms with Gasteiger partial charge in [0.25, 0.3) is 5.91 Å². The maximum absolute atomic E-state index is 12.9. The van der Waals surface area contributed by atoms with Gasteiger partial charge in [0.1, 0.15) is 11.5 Å². The third kappa shape index (κ3) is 4.02. The quantitative estimate of drug-likeness (QED) is 0.547. The van der Waals surface area contributed by atoms with Gasteiger partial charge in [0.15, 0.2) is 0 Å². The van der Waals surface area contributed by atoms with E-state index in [-0.39, 0.29) is 5.91 Å². The van der Waals surface area contributed by atoms with Gasteiger partial charge in [0.2, 0.25) is 0 Å². The molecule has 0 aliphatic heterocycles. The van der Waals surface area contributed by atoms with Crippen molar-refractivity contribution in [2.24, 2.45) is 0 Å². The molecule has 0 aliphatic carbocycles. The summed E-state index contributed by atoms with van der Waals surface area (Å²) in [5.74, 6) is -0.323. The lowest BCUT2D eigenvalue weighted by molar-refractivity contribution is 0.102. The van der Waals surface area contributed by atoms with Crippen LogP contribution in [0.1, 0.15) is 27.2 Å². The van der Waals surface area contributed by atoms with Crippen LogP contribution in [0.25, 0.3) is 5.69 Å². The van der Waals surface area contributed by atoms with E-state index < -0.39 is 0 Å². The highest BCUT2D eigenvalue weighted by Crippen LogP contribution is 2.23. The number of hydrogen-bond acceptors (Lipinski definition) is 5. The Labute approximate surface area is 172 Å². The van der Waals surface area contributed by atoms with Gasteiger partial charge in [-0.1, -0.05) is 47.5 Å². The number of nitrogens with zero attached hydrogens (tertiary/aromatic N) is 6. The molecule has 0 fully saturated rings. The van der Waals surface area contributed by atoms with E-state index in [1.165, 1.54) is 16.6 Å². The van der Waals surface area contributed by atoms with Gasteiger partial charge in [-0.2, -0.15) is 5.10 Å². The molecule has 9 heteroatoms.